The average Bonchev–Trinajstić information content (AvgIpc) is 2.96. The van der Waals surface area contributed by atoms with Crippen LogP contribution in [0.4, 0.5) is 0 Å². The third-order valence-corrected chi connectivity index (χ3v) is 4.88. The Balaban J connectivity index is 1.73. The number of carbonyl (C=O) groups excluding carboxylic acids is 3. The fourth-order valence-corrected chi connectivity index (χ4v) is 3.32. The van der Waals surface area contributed by atoms with Crippen molar-refractivity contribution in [2.24, 2.45) is 0 Å². The number of rotatable bonds is 8. The zero-order valence-electron chi connectivity index (χ0n) is 16.8. The monoisotopic (exact) mass is 427 g/mol. The van der Waals surface area contributed by atoms with Gasteiger partial charge in [-0.25, -0.2) is 4.79 Å². The predicted molar refractivity (Wildman–Crippen MR) is 113 cm³/mol. The second-order valence-corrected chi connectivity index (χ2v) is 7.05. The Morgan fingerprint density at radius 2 is 1.63 bits per heavy atom. The topological polar surface area (TPSA) is 72.9 Å². The normalized spacial score (nSPS) is 13.8. The molecule has 2 amide bonds. The van der Waals surface area contributed by atoms with Crippen LogP contribution in [0.5, 0.6) is 5.75 Å². The van der Waals surface area contributed by atoms with Crippen molar-refractivity contribution >= 4 is 35.0 Å². The molecule has 0 spiro atoms. The quantitative estimate of drug-likeness (QED) is 0.467. The third kappa shape index (κ3) is 4.54. The molecule has 30 heavy (non-hydrogen) atoms. The summed E-state index contributed by atoms with van der Waals surface area (Å²) in [6, 6.07) is 13.5. The van der Waals surface area contributed by atoms with E-state index in [1.54, 1.807) is 48.5 Å². The highest BCUT2D eigenvalue weighted by atomic mass is 35.5. The lowest BCUT2D eigenvalue weighted by Gasteiger charge is -2.15. The Morgan fingerprint density at radius 1 is 0.967 bits per heavy atom. The van der Waals surface area contributed by atoms with Crippen LogP contribution in [0.15, 0.2) is 53.6 Å². The number of amides is 2. The molecular weight excluding hydrogens is 406 g/mol. The SMILES string of the molecule is CCCOC(=O)c1ccc(CN2C(=O)C(Cl)=C(c3ccc(OCC)cc3)C2=O)cc1. The lowest BCUT2D eigenvalue weighted by molar-refractivity contribution is -0.137. The molecule has 0 fully saturated rings. The second kappa shape index (κ2) is 9.59. The number of carbonyl (C=O) groups is 3. The van der Waals surface area contributed by atoms with Gasteiger partial charge < -0.3 is 9.47 Å². The maximum atomic E-state index is 12.9. The van der Waals surface area contributed by atoms with E-state index < -0.39 is 17.8 Å². The summed E-state index contributed by atoms with van der Waals surface area (Å²) in [5.74, 6) is -0.735. The summed E-state index contributed by atoms with van der Waals surface area (Å²) in [6.45, 7) is 4.74. The first kappa shape index (κ1) is 21.6. The van der Waals surface area contributed by atoms with Crippen LogP contribution in [0.3, 0.4) is 0 Å². The molecule has 2 aromatic rings. The van der Waals surface area contributed by atoms with E-state index in [9.17, 15) is 14.4 Å². The fourth-order valence-electron chi connectivity index (χ4n) is 3.03. The van der Waals surface area contributed by atoms with Crippen molar-refractivity contribution in [2.45, 2.75) is 26.8 Å². The second-order valence-electron chi connectivity index (χ2n) is 6.68. The van der Waals surface area contributed by atoms with Crippen LogP contribution in [0.1, 0.15) is 41.8 Å². The van der Waals surface area contributed by atoms with Gasteiger partial charge in [0.1, 0.15) is 10.8 Å². The first-order valence-corrected chi connectivity index (χ1v) is 10.1. The first-order valence-electron chi connectivity index (χ1n) is 9.71. The van der Waals surface area contributed by atoms with Gasteiger partial charge in [-0.1, -0.05) is 42.8 Å². The van der Waals surface area contributed by atoms with Gasteiger partial charge in [-0.3, -0.25) is 14.5 Å². The Morgan fingerprint density at radius 3 is 2.23 bits per heavy atom. The summed E-state index contributed by atoms with van der Waals surface area (Å²) < 4.78 is 10.5. The van der Waals surface area contributed by atoms with Crippen LogP contribution in [0.25, 0.3) is 5.57 Å². The van der Waals surface area contributed by atoms with Crippen LogP contribution < -0.4 is 4.74 Å². The number of nitrogens with zero attached hydrogens (tertiary/aromatic N) is 1. The lowest BCUT2D eigenvalue weighted by Crippen LogP contribution is -2.30. The highest BCUT2D eigenvalue weighted by molar-refractivity contribution is 6.55. The van der Waals surface area contributed by atoms with E-state index in [1.165, 1.54) is 0 Å². The number of esters is 1. The molecule has 0 radical (unpaired) electrons. The van der Waals surface area contributed by atoms with E-state index in [0.29, 0.717) is 35.7 Å². The maximum Gasteiger partial charge on any atom is 0.338 e. The van der Waals surface area contributed by atoms with Crippen LogP contribution in [-0.4, -0.2) is 35.9 Å². The first-order chi connectivity index (χ1) is 14.5. The van der Waals surface area contributed by atoms with Crippen molar-refractivity contribution in [2.75, 3.05) is 13.2 Å². The fraction of sp³-hybridized carbons (Fsp3) is 0.261. The van der Waals surface area contributed by atoms with Gasteiger partial charge in [0.05, 0.1) is 30.9 Å². The van der Waals surface area contributed by atoms with Gasteiger partial charge in [0.2, 0.25) is 0 Å². The molecule has 3 rings (SSSR count). The third-order valence-electron chi connectivity index (χ3n) is 4.53. The molecule has 2 aromatic carbocycles. The number of halogens is 1. The van der Waals surface area contributed by atoms with Gasteiger partial charge in [-0.05, 0) is 48.7 Å². The Kier molecular flexibility index (Phi) is 6.90. The predicted octanol–water partition coefficient (Wildman–Crippen LogP) is 4.17. The number of ether oxygens (including phenoxy) is 2. The highest BCUT2D eigenvalue weighted by Crippen LogP contribution is 2.33. The summed E-state index contributed by atoms with van der Waals surface area (Å²) in [6.07, 6.45) is 0.744. The van der Waals surface area contributed by atoms with E-state index >= 15 is 0 Å². The van der Waals surface area contributed by atoms with E-state index in [0.717, 1.165) is 11.3 Å². The molecule has 6 nitrogen and oxygen atoms in total. The zero-order chi connectivity index (χ0) is 21.7. The van der Waals surface area contributed by atoms with Gasteiger partial charge >= 0.3 is 5.97 Å². The van der Waals surface area contributed by atoms with E-state index in [2.05, 4.69) is 0 Å². The number of hydrogen-bond donors (Lipinski definition) is 0. The minimum Gasteiger partial charge on any atom is -0.494 e. The van der Waals surface area contributed by atoms with Crippen molar-refractivity contribution in [1.82, 2.24) is 4.90 Å². The van der Waals surface area contributed by atoms with Crippen molar-refractivity contribution in [3.05, 3.63) is 70.3 Å². The van der Waals surface area contributed by atoms with Crippen LogP contribution in [0, 0.1) is 0 Å². The van der Waals surface area contributed by atoms with E-state index in [-0.39, 0.29) is 17.2 Å². The Labute approximate surface area is 180 Å². The van der Waals surface area contributed by atoms with E-state index in [4.69, 9.17) is 21.1 Å². The van der Waals surface area contributed by atoms with Crippen molar-refractivity contribution in [1.29, 1.82) is 0 Å². The van der Waals surface area contributed by atoms with Gasteiger partial charge in [0, 0.05) is 0 Å². The minimum atomic E-state index is -0.544. The molecule has 0 atom stereocenters. The Bertz CT molecular complexity index is 980. The van der Waals surface area contributed by atoms with Gasteiger partial charge in [-0.2, -0.15) is 0 Å². The molecule has 7 heteroatoms. The average molecular weight is 428 g/mol. The maximum absolute atomic E-state index is 12.9. The Hall–Kier alpha value is -3.12. The largest absolute Gasteiger partial charge is 0.494 e. The highest BCUT2D eigenvalue weighted by Gasteiger charge is 2.38. The minimum absolute atomic E-state index is 0.0543. The molecule has 0 N–H and O–H groups in total. The molecule has 0 aliphatic carbocycles. The van der Waals surface area contributed by atoms with Crippen LogP contribution >= 0.6 is 11.6 Å². The molecule has 1 aliphatic rings. The molecule has 1 aliphatic heterocycles. The molecule has 0 saturated heterocycles. The van der Waals surface area contributed by atoms with Gasteiger partial charge in [0.15, 0.2) is 0 Å². The smallest absolute Gasteiger partial charge is 0.338 e. The summed E-state index contributed by atoms with van der Waals surface area (Å²) in [7, 11) is 0. The van der Waals surface area contributed by atoms with Crippen molar-refractivity contribution in [3.8, 4) is 5.75 Å². The van der Waals surface area contributed by atoms with Gasteiger partial charge in [0.25, 0.3) is 11.8 Å². The van der Waals surface area contributed by atoms with Crippen LogP contribution in [-0.2, 0) is 20.9 Å². The number of imide groups is 1. The van der Waals surface area contributed by atoms with E-state index in [1.807, 2.05) is 13.8 Å². The summed E-state index contributed by atoms with van der Waals surface area (Å²) in [4.78, 5) is 38.5. The molecule has 156 valence electrons. The summed E-state index contributed by atoms with van der Waals surface area (Å²) in [5.41, 5.74) is 1.83. The zero-order valence-corrected chi connectivity index (χ0v) is 17.6. The van der Waals surface area contributed by atoms with Crippen molar-refractivity contribution < 1.29 is 23.9 Å². The standard InChI is InChI=1S/C23H22ClNO5/c1-3-13-30-23(28)17-7-5-15(6-8-17)14-25-21(26)19(20(24)22(25)27)16-9-11-18(12-10-16)29-4-2/h5-12H,3-4,13-14H2,1-2H3. The lowest BCUT2D eigenvalue weighted by atomic mass is 10.1. The molecule has 0 aromatic heterocycles. The number of benzene rings is 2. The molecular formula is C23H22ClNO5. The summed E-state index contributed by atoms with van der Waals surface area (Å²) >= 11 is 6.21. The molecule has 0 saturated carbocycles. The number of hydrogen-bond acceptors (Lipinski definition) is 5. The van der Waals surface area contributed by atoms with Crippen molar-refractivity contribution in [3.63, 3.8) is 0 Å². The molecule has 1 heterocycles. The van der Waals surface area contributed by atoms with Gasteiger partial charge in [-0.15, -0.1) is 0 Å². The molecule has 0 unspecified atom stereocenters. The summed E-state index contributed by atoms with van der Waals surface area (Å²) in [5, 5.41) is -0.107. The molecule has 0 bridgehead atoms. The van der Waals surface area contributed by atoms with Crippen LogP contribution in [0.2, 0.25) is 0 Å².